The van der Waals surface area contributed by atoms with Crippen molar-refractivity contribution in [2.75, 3.05) is 16.6 Å². The van der Waals surface area contributed by atoms with Crippen molar-refractivity contribution in [3.05, 3.63) is 0 Å². The molecule has 0 rings (SSSR count). The van der Waals surface area contributed by atoms with Crippen molar-refractivity contribution < 1.29 is 8.42 Å². The molecule has 0 spiro atoms. The van der Waals surface area contributed by atoms with Crippen LogP contribution in [0.2, 0.25) is 0 Å². The molecule has 0 saturated carbocycles. The van der Waals surface area contributed by atoms with E-state index in [-0.39, 0.29) is 0 Å². The fourth-order valence-electron chi connectivity index (χ4n) is 0.720. The minimum absolute atomic E-state index is 0.377. The van der Waals surface area contributed by atoms with Gasteiger partial charge in [-0.05, 0) is 12.8 Å². The van der Waals surface area contributed by atoms with Crippen LogP contribution >= 0.6 is 0 Å². The molecule has 0 fully saturated rings. The maximum Gasteiger partial charge on any atom is 0.0991 e. The molecule has 0 aromatic heterocycles. The van der Waals surface area contributed by atoms with Crippen molar-refractivity contribution in [2.45, 2.75) is 26.7 Å². The molecule has 0 aliphatic rings. The zero-order valence-electron chi connectivity index (χ0n) is 7.17. The van der Waals surface area contributed by atoms with Crippen LogP contribution in [-0.2, 0) is 21.6 Å². The first-order valence-corrected chi connectivity index (χ1v) is 6.88. The highest BCUT2D eigenvalue weighted by Gasteiger charge is 2.03. The predicted molar refractivity (Wildman–Crippen MR) is 51.5 cm³/mol. The Bertz CT molecular complexity index is 129. The molecule has 11 heavy (non-hydrogen) atoms. The van der Waals surface area contributed by atoms with Gasteiger partial charge in [0.15, 0.2) is 0 Å². The van der Waals surface area contributed by atoms with Crippen LogP contribution in [0.15, 0.2) is 0 Å². The zero-order chi connectivity index (χ0) is 8.69. The summed E-state index contributed by atoms with van der Waals surface area (Å²) in [4.78, 5) is 0. The van der Waals surface area contributed by atoms with Crippen LogP contribution < -0.4 is 0 Å². The fourth-order valence-corrected chi connectivity index (χ4v) is 3.75. The van der Waals surface area contributed by atoms with E-state index in [1.807, 2.05) is 13.8 Å². The average molecular weight is 196 g/mol. The van der Waals surface area contributed by atoms with Crippen molar-refractivity contribution in [1.82, 2.24) is 0 Å². The fraction of sp³-hybridized carbons (Fsp3) is 1.00. The first-order valence-electron chi connectivity index (χ1n) is 3.90. The number of hydrogen-bond acceptors (Lipinski definition) is 2. The van der Waals surface area contributed by atoms with Crippen LogP contribution in [0.3, 0.4) is 0 Å². The second-order valence-corrected chi connectivity index (χ2v) is 5.92. The molecule has 0 saturated heterocycles. The van der Waals surface area contributed by atoms with Crippen LogP contribution in [0.4, 0.5) is 0 Å². The van der Waals surface area contributed by atoms with Crippen LogP contribution in [0.5, 0.6) is 0 Å². The van der Waals surface area contributed by atoms with Gasteiger partial charge in [0.1, 0.15) is 0 Å². The van der Waals surface area contributed by atoms with Gasteiger partial charge in [0, 0.05) is 33.1 Å². The summed E-state index contributed by atoms with van der Waals surface area (Å²) < 4.78 is 22.1. The van der Waals surface area contributed by atoms with E-state index in [0.29, 0.717) is 16.6 Å². The maximum atomic E-state index is 11.0. The number of hydrogen-bond donors (Lipinski definition) is 0. The Morgan fingerprint density at radius 2 is 1.27 bits per heavy atom. The van der Waals surface area contributed by atoms with Crippen molar-refractivity contribution >= 4 is 21.6 Å². The highest BCUT2D eigenvalue weighted by Crippen LogP contribution is 1.93. The van der Waals surface area contributed by atoms with E-state index in [9.17, 15) is 8.42 Å². The summed E-state index contributed by atoms with van der Waals surface area (Å²) >= 11 is 0. The Kier molecular flexibility index (Phi) is 7.17. The molecule has 0 radical (unpaired) electrons. The SMILES string of the molecule is CCCS(=O)CS(=O)CCC. The van der Waals surface area contributed by atoms with E-state index in [1.165, 1.54) is 0 Å². The van der Waals surface area contributed by atoms with Gasteiger partial charge in [-0.3, -0.25) is 8.42 Å². The molecule has 0 aliphatic carbocycles. The van der Waals surface area contributed by atoms with Crippen molar-refractivity contribution in [2.24, 2.45) is 0 Å². The third-order valence-corrected chi connectivity index (χ3v) is 4.96. The monoisotopic (exact) mass is 196 g/mol. The van der Waals surface area contributed by atoms with Crippen LogP contribution in [0.25, 0.3) is 0 Å². The van der Waals surface area contributed by atoms with Crippen molar-refractivity contribution in [3.63, 3.8) is 0 Å². The Morgan fingerprint density at radius 1 is 0.909 bits per heavy atom. The first kappa shape index (κ1) is 11.3. The van der Waals surface area contributed by atoms with Crippen molar-refractivity contribution in [3.8, 4) is 0 Å². The Labute approximate surface area is 73.7 Å². The lowest BCUT2D eigenvalue weighted by atomic mass is 10.6. The molecule has 0 aromatic rings. The summed E-state index contributed by atoms with van der Waals surface area (Å²) in [7, 11) is -1.70. The molecule has 0 heterocycles. The van der Waals surface area contributed by atoms with Crippen LogP contribution in [-0.4, -0.2) is 25.0 Å². The normalized spacial score (nSPS) is 16.2. The molecule has 0 N–H and O–H groups in total. The number of rotatable bonds is 6. The minimum atomic E-state index is -0.852. The molecule has 4 heteroatoms. The van der Waals surface area contributed by atoms with Gasteiger partial charge < -0.3 is 0 Å². The summed E-state index contributed by atoms with van der Waals surface area (Å²) in [5, 5.41) is 0.377. The molecule has 2 atom stereocenters. The molecule has 0 amide bonds. The second-order valence-electron chi connectivity index (χ2n) is 2.41. The summed E-state index contributed by atoms with van der Waals surface area (Å²) in [6.45, 7) is 3.97. The summed E-state index contributed by atoms with van der Waals surface area (Å²) in [6, 6.07) is 0. The minimum Gasteiger partial charge on any atom is -0.259 e. The summed E-state index contributed by atoms with van der Waals surface area (Å²) in [5.74, 6) is 1.38. The first-order chi connectivity index (χ1) is 5.20. The highest BCUT2D eigenvalue weighted by atomic mass is 32.2. The van der Waals surface area contributed by atoms with E-state index in [4.69, 9.17) is 0 Å². The van der Waals surface area contributed by atoms with Gasteiger partial charge in [-0.1, -0.05) is 13.8 Å². The van der Waals surface area contributed by atoms with E-state index in [0.717, 1.165) is 12.8 Å². The average Bonchev–Trinajstić information content (AvgIpc) is 1.87. The quantitative estimate of drug-likeness (QED) is 0.641. The molecular weight excluding hydrogens is 180 g/mol. The Hall–Kier alpha value is 0.300. The lowest BCUT2D eigenvalue weighted by molar-refractivity contribution is 0.678. The molecule has 68 valence electrons. The van der Waals surface area contributed by atoms with Gasteiger partial charge >= 0.3 is 0 Å². The second kappa shape index (κ2) is 6.98. The van der Waals surface area contributed by atoms with Gasteiger partial charge in [0.25, 0.3) is 0 Å². The van der Waals surface area contributed by atoms with E-state index in [2.05, 4.69) is 0 Å². The molecule has 2 unspecified atom stereocenters. The molecule has 0 aliphatic heterocycles. The van der Waals surface area contributed by atoms with Gasteiger partial charge in [0.2, 0.25) is 0 Å². The lowest BCUT2D eigenvalue weighted by Crippen LogP contribution is -2.09. The van der Waals surface area contributed by atoms with Crippen LogP contribution in [0, 0.1) is 0 Å². The predicted octanol–water partition coefficient (Wildman–Crippen LogP) is 1.26. The molecule has 0 bridgehead atoms. The zero-order valence-corrected chi connectivity index (χ0v) is 8.80. The van der Waals surface area contributed by atoms with Crippen LogP contribution in [0.1, 0.15) is 26.7 Å². The molecular formula is C7H16O2S2. The van der Waals surface area contributed by atoms with Crippen molar-refractivity contribution in [1.29, 1.82) is 0 Å². The topological polar surface area (TPSA) is 34.1 Å². The van der Waals surface area contributed by atoms with E-state index >= 15 is 0 Å². The third-order valence-electron chi connectivity index (χ3n) is 1.13. The van der Waals surface area contributed by atoms with E-state index in [1.54, 1.807) is 0 Å². The van der Waals surface area contributed by atoms with Gasteiger partial charge in [-0.15, -0.1) is 0 Å². The lowest BCUT2D eigenvalue weighted by Gasteiger charge is -1.98. The van der Waals surface area contributed by atoms with E-state index < -0.39 is 21.6 Å². The van der Waals surface area contributed by atoms with Gasteiger partial charge in [-0.25, -0.2) is 0 Å². The third kappa shape index (κ3) is 6.69. The molecule has 2 nitrogen and oxygen atoms in total. The molecule has 0 aromatic carbocycles. The van der Waals surface area contributed by atoms with Gasteiger partial charge in [0.05, 0.1) is 5.08 Å². The highest BCUT2D eigenvalue weighted by molar-refractivity contribution is 8.01. The summed E-state index contributed by atoms with van der Waals surface area (Å²) in [5.41, 5.74) is 0. The largest absolute Gasteiger partial charge is 0.259 e. The maximum absolute atomic E-state index is 11.0. The Balaban J connectivity index is 3.49. The van der Waals surface area contributed by atoms with Gasteiger partial charge in [-0.2, -0.15) is 0 Å². The standard InChI is InChI=1S/C7H16O2S2/c1-3-5-10(8)7-11(9)6-4-2/h3-7H2,1-2H3. The Morgan fingerprint density at radius 3 is 1.55 bits per heavy atom. The smallest absolute Gasteiger partial charge is 0.0991 e. The summed E-state index contributed by atoms with van der Waals surface area (Å²) in [6.07, 6.45) is 1.83.